The first-order valence-corrected chi connectivity index (χ1v) is 14.0. The van der Waals surface area contributed by atoms with Gasteiger partial charge in [0.25, 0.3) is 0 Å². The van der Waals surface area contributed by atoms with Crippen LogP contribution in [-0.2, 0) is 27.9 Å². The minimum atomic E-state index is -4.45. The lowest BCUT2D eigenvalue weighted by Crippen LogP contribution is -2.58. The maximum atomic E-state index is 14.1. The smallest absolute Gasteiger partial charge is 0.384 e. The third-order valence-electron chi connectivity index (χ3n) is 8.92. The van der Waals surface area contributed by atoms with Crippen molar-refractivity contribution in [3.63, 3.8) is 0 Å². The van der Waals surface area contributed by atoms with E-state index < -0.39 is 47.4 Å². The second kappa shape index (κ2) is 11.3. The number of halogens is 5. The van der Waals surface area contributed by atoms with Gasteiger partial charge in [-0.05, 0) is 66.3 Å². The first-order chi connectivity index (χ1) is 19.8. The molecule has 0 spiro atoms. The molecular weight excluding hydrogens is 557 g/mol. The zero-order valence-electron chi connectivity index (χ0n) is 23.1. The zero-order chi connectivity index (χ0) is 30.3. The van der Waals surface area contributed by atoms with Crippen molar-refractivity contribution in [2.75, 3.05) is 13.1 Å². The predicted octanol–water partition coefficient (Wildman–Crippen LogP) is 5.92. The van der Waals surface area contributed by atoms with Gasteiger partial charge >= 0.3 is 6.18 Å². The summed E-state index contributed by atoms with van der Waals surface area (Å²) < 4.78 is 67.2. The normalized spacial score (nSPS) is 25.7. The molecule has 11 heteroatoms. The van der Waals surface area contributed by atoms with Crippen LogP contribution in [0.5, 0.6) is 0 Å². The highest BCUT2D eigenvalue weighted by molar-refractivity contribution is 6.01. The summed E-state index contributed by atoms with van der Waals surface area (Å²) in [5.74, 6) is -1.27. The van der Waals surface area contributed by atoms with Gasteiger partial charge in [0.15, 0.2) is 0 Å². The maximum Gasteiger partial charge on any atom is 0.416 e. The number of fused-ring (bicyclic) bond motifs is 1. The summed E-state index contributed by atoms with van der Waals surface area (Å²) in [5.41, 5.74) is -1.30. The van der Waals surface area contributed by atoms with Crippen LogP contribution in [0, 0.1) is 5.41 Å². The molecule has 3 aromatic rings. The fourth-order valence-electron chi connectivity index (χ4n) is 6.55. The molecule has 0 bridgehead atoms. The molecule has 1 aromatic heterocycles. The first kappa shape index (κ1) is 30.0. The summed E-state index contributed by atoms with van der Waals surface area (Å²) in [5, 5.41) is 15.2. The summed E-state index contributed by atoms with van der Waals surface area (Å²) in [6.45, 7) is 2.49. The fraction of sp³-hybridized carbons (Fsp3) is 0.452. The third kappa shape index (κ3) is 5.76. The number of hydrogen-bond donors (Lipinski definition) is 2. The van der Waals surface area contributed by atoms with Gasteiger partial charge in [0.2, 0.25) is 18.2 Å². The van der Waals surface area contributed by atoms with E-state index in [9.17, 15) is 36.6 Å². The highest BCUT2D eigenvalue weighted by Gasteiger charge is 2.54. The van der Waals surface area contributed by atoms with Gasteiger partial charge in [-0.3, -0.25) is 24.8 Å². The van der Waals surface area contributed by atoms with Crippen molar-refractivity contribution in [1.82, 2.24) is 15.2 Å². The summed E-state index contributed by atoms with van der Waals surface area (Å²) in [6, 6.07) is 11.7. The molecule has 2 fully saturated rings. The van der Waals surface area contributed by atoms with Crippen molar-refractivity contribution in [1.29, 1.82) is 0 Å². The fourth-order valence-corrected chi connectivity index (χ4v) is 6.55. The summed E-state index contributed by atoms with van der Waals surface area (Å²) in [4.78, 5) is 30.4. The van der Waals surface area contributed by atoms with Crippen LogP contribution in [0.4, 0.5) is 22.0 Å². The summed E-state index contributed by atoms with van der Waals surface area (Å²) in [7, 11) is 0. The monoisotopic (exact) mass is 589 g/mol. The molecule has 2 aliphatic heterocycles. The number of amides is 2. The van der Waals surface area contributed by atoms with E-state index in [1.807, 2.05) is 4.90 Å². The molecule has 5 rings (SSSR count). The largest absolute Gasteiger partial charge is 0.416 e. The molecule has 3 heterocycles. The van der Waals surface area contributed by atoms with Crippen molar-refractivity contribution in [2.24, 2.45) is 5.41 Å². The lowest BCUT2D eigenvalue weighted by atomic mass is 9.61. The Labute approximate surface area is 239 Å². The molecule has 0 aliphatic carbocycles. The van der Waals surface area contributed by atoms with Gasteiger partial charge in [-0.25, -0.2) is 8.78 Å². The second-order valence-corrected chi connectivity index (χ2v) is 11.4. The van der Waals surface area contributed by atoms with Gasteiger partial charge in [0.05, 0.1) is 22.6 Å². The van der Waals surface area contributed by atoms with Crippen molar-refractivity contribution >= 4 is 22.7 Å². The van der Waals surface area contributed by atoms with E-state index in [1.54, 1.807) is 37.4 Å². The number of rotatable bonds is 7. The molecule has 2 saturated heterocycles. The SMILES string of the molecule is CCC1(CC(F)F)CN(Cc2ccc(C(F)(F)F)cc2)CCC1(O)c1ccc2ncc(C3CCC(=O)NC3=O)cc2c1. The molecule has 3 atom stereocenters. The van der Waals surface area contributed by atoms with Crippen molar-refractivity contribution in [3.05, 3.63) is 77.0 Å². The molecular formula is C31H32F5N3O3. The highest BCUT2D eigenvalue weighted by atomic mass is 19.4. The van der Waals surface area contributed by atoms with E-state index in [1.165, 1.54) is 12.1 Å². The lowest BCUT2D eigenvalue weighted by Gasteiger charge is -2.54. The van der Waals surface area contributed by atoms with Crippen LogP contribution in [0.3, 0.4) is 0 Å². The number of carbonyl (C=O) groups excluding carboxylic acids is 2. The Morgan fingerprint density at radius 3 is 2.50 bits per heavy atom. The van der Waals surface area contributed by atoms with Crippen LogP contribution in [0.1, 0.15) is 67.2 Å². The molecule has 0 radical (unpaired) electrons. The molecule has 2 amide bonds. The number of alkyl halides is 5. The summed E-state index contributed by atoms with van der Waals surface area (Å²) >= 11 is 0. The van der Waals surface area contributed by atoms with E-state index in [2.05, 4.69) is 10.3 Å². The van der Waals surface area contributed by atoms with Gasteiger partial charge in [0.1, 0.15) is 0 Å². The Hall–Kier alpha value is -3.44. The predicted molar refractivity (Wildman–Crippen MR) is 145 cm³/mol. The van der Waals surface area contributed by atoms with Gasteiger partial charge in [-0.15, -0.1) is 0 Å². The number of hydrogen-bond acceptors (Lipinski definition) is 5. The van der Waals surface area contributed by atoms with Crippen LogP contribution in [-0.4, -0.2) is 46.3 Å². The Balaban J connectivity index is 1.45. The molecule has 6 nitrogen and oxygen atoms in total. The number of pyridine rings is 1. The van der Waals surface area contributed by atoms with Crippen molar-refractivity contribution < 1.29 is 36.6 Å². The number of piperidine rings is 2. The number of nitrogens with one attached hydrogen (secondary N) is 1. The van der Waals surface area contributed by atoms with E-state index in [0.717, 1.165) is 12.1 Å². The molecule has 224 valence electrons. The van der Waals surface area contributed by atoms with Crippen LogP contribution in [0.25, 0.3) is 10.9 Å². The Kier molecular flexibility index (Phi) is 8.10. The molecule has 2 aromatic carbocycles. The van der Waals surface area contributed by atoms with Gasteiger partial charge in [0, 0.05) is 49.5 Å². The van der Waals surface area contributed by atoms with E-state index >= 15 is 0 Å². The second-order valence-electron chi connectivity index (χ2n) is 11.4. The number of likely N-dealkylation sites (tertiary alicyclic amines) is 1. The molecule has 2 N–H and O–H groups in total. The molecule has 42 heavy (non-hydrogen) atoms. The van der Waals surface area contributed by atoms with Gasteiger partial charge in [-0.2, -0.15) is 13.2 Å². The van der Waals surface area contributed by atoms with Crippen LogP contribution >= 0.6 is 0 Å². The average molecular weight is 590 g/mol. The third-order valence-corrected chi connectivity index (χ3v) is 8.92. The van der Waals surface area contributed by atoms with Crippen molar-refractivity contribution in [3.8, 4) is 0 Å². The lowest BCUT2D eigenvalue weighted by molar-refractivity contribution is -0.164. The van der Waals surface area contributed by atoms with Crippen molar-refractivity contribution in [2.45, 2.75) is 69.7 Å². The van der Waals surface area contributed by atoms with E-state index in [4.69, 9.17) is 0 Å². The van der Waals surface area contributed by atoms with Gasteiger partial charge in [-0.1, -0.05) is 25.1 Å². The van der Waals surface area contributed by atoms with E-state index in [-0.39, 0.29) is 38.3 Å². The number of nitrogens with zero attached hydrogens (tertiary/aromatic N) is 2. The molecule has 3 unspecified atom stereocenters. The number of aromatic nitrogens is 1. The Bertz CT molecular complexity index is 1480. The molecule has 0 saturated carbocycles. The topological polar surface area (TPSA) is 82.5 Å². The maximum absolute atomic E-state index is 14.1. The summed E-state index contributed by atoms with van der Waals surface area (Å²) in [6.07, 6.45) is -5.17. The van der Waals surface area contributed by atoms with Crippen LogP contribution in [0.2, 0.25) is 0 Å². The zero-order valence-corrected chi connectivity index (χ0v) is 23.1. The average Bonchev–Trinajstić information content (AvgIpc) is 2.94. The van der Waals surface area contributed by atoms with Gasteiger partial charge < -0.3 is 5.11 Å². The minimum Gasteiger partial charge on any atom is -0.384 e. The number of benzene rings is 2. The standard InChI is InChI=1S/C31H32F5N3O3/c1-2-29(15-26(32)33)18-39(17-19-3-5-22(6-4-19)31(34,35)36)12-11-30(29,42)23-7-9-25-20(14-23)13-21(16-37-25)24-8-10-27(40)38-28(24)41/h3-7,9,13-14,16,24,26,42H,2,8,10-12,15,17-18H2,1H3,(H,38,40,41). The number of carbonyl (C=O) groups is 2. The quantitative estimate of drug-likeness (QED) is 0.264. The minimum absolute atomic E-state index is 0.123. The Morgan fingerprint density at radius 1 is 1.12 bits per heavy atom. The molecule has 2 aliphatic rings. The van der Waals surface area contributed by atoms with E-state index in [0.29, 0.717) is 40.6 Å². The van der Waals surface area contributed by atoms with Crippen LogP contribution < -0.4 is 5.32 Å². The van der Waals surface area contributed by atoms with Crippen LogP contribution in [0.15, 0.2) is 54.7 Å². The highest BCUT2D eigenvalue weighted by Crippen LogP contribution is 2.52. The number of aliphatic hydroxyl groups is 1. The number of imide groups is 1. The first-order valence-electron chi connectivity index (χ1n) is 14.0. The Morgan fingerprint density at radius 2 is 1.86 bits per heavy atom.